The molecular weight excluding hydrogens is 352 g/mol. The van der Waals surface area contributed by atoms with E-state index in [1.54, 1.807) is 0 Å². The molecule has 0 unspecified atom stereocenters. The van der Waals surface area contributed by atoms with Gasteiger partial charge in [0, 0.05) is 18.7 Å². The van der Waals surface area contributed by atoms with Gasteiger partial charge >= 0.3 is 5.97 Å². The average molecular weight is 380 g/mol. The topological polar surface area (TPSA) is 59.6 Å². The first kappa shape index (κ1) is 18.8. The van der Waals surface area contributed by atoms with Gasteiger partial charge in [0.15, 0.2) is 0 Å². The number of carbonyl (C=O) groups excluding carboxylic acids is 1. The lowest BCUT2D eigenvalue weighted by Crippen LogP contribution is -2.48. The van der Waals surface area contributed by atoms with Crippen molar-refractivity contribution in [1.82, 2.24) is 5.32 Å². The first-order valence-corrected chi connectivity index (χ1v) is 9.96. The van der Waals surface area contributed by atoms with Gasteiger partial charge in [-0.15, -0.1) is 0 Å². The first-order chi connectivity index (χ1) is 13.3. The summed E-state index contributed by atoms with van der Waals surface area (Å²) in [6.07, 6.45) is 0. The van der Waals surface area contributed by atoms with E-state index >= 15 is 0 Å². The summed E-state index contributed by atoms with van der Waals surface area (Å²) in [6, 6.07) is 12.1. The van der Waals surface area contributed by atoms with Crippen molar-refractivity contribution in [1.29, 1.82) is 0 Å². The fourth-order valence-electron chi connectivity index (χ4n) is 3.48. The van der Waals surface area contributed by atoms with Crippen molar-refractivity contribution >= 4 is 11.7 Å². The third kappa shape index (κ3) is 3.72. The van der Waals surface area contributed by atoms with Gasteiger partial charge in [0.2, 0.25) is 0 Å². The van der Waals surface area contributed by atoms with Gasteiger partial charge in [0.1, 0.15) is 17.1 Å². The number of hydrogen-bond donors (Lipinski definition) is 2. The van der Waals surface area contributed by atoms with Crippen molar-refractivity contribution in [2.24, 2.45) is 5.92 Å². The summed E-state index contributed by atoms with van der Waals surface area (Å²) in [7, 11) is 0. The summed E-state index contributed by atoms with van der Waals surface area (Å²) in [6.45, 7) is 10.6. The van der Waals surface area contributed by atoms with E-state index in [0.717, 1.165) is 29.1 Å². The van der Waals surface area contributed by atoms with Gasteiger partial charge in [-0.3, -0.25) is 4.79 Å². The Balaban J connectivity index is 1.71. The summed E-state index contributed by atoms with van der Waals surface area (Å²) < 4.78 is 11.9. The Morgan fingerprint density at radius 3 is 2.68 bits per heavy atom. The number of benzene rings is 2. The number of nitrogens with one attached hydrogen (secondary N) is 2. The summed E-state index contributed by atoms with van der Waals surface area (Å²) in [4.78, 5) is 12.2. The molecule has 2 N–H and O–H groups in total. The van der Waals surface area contributed by atoms with Crippen LogP contribution in [0.4, 0.5) is 5.69 Å². The van der Waals surface area contributed by atoms with E-state index < -0.39 is 0 Å². The van der Waals surface area contributed by atoms with Crippen LogP contribution in [0.1, 0.15) is 39.2 Å². The van der Waals surface area contributed by atoms with Crippen LogP contribution >= 0.6 is 0 Å². The van der Waals surface area contributed by atoms with Crippen molar-refractivity contribution in [3.8, 4) is 22.6 Å². The Hall–Kier alpha value is -2.53. The zero-order chi connectivity index (χ0) is 19.9. The fraction of sp³-hybridized carbons (Fsp3) is 0.435. The van der Waals surface area contributed by atoms with Crippen LogP contribution in [0, 0.1) is 5.92 Å². The summed E-state index contributed by atoms with van der Waals surface area (Å²) in [5.41, 5.74) is 4.03. The lowest BCUT2D eigenvalue weighted by Gasteiger charge is -2.35. The normalized spacial score (nSPS) is 17.9. The maximum atomic E-state index is 12.2. The Morgan fingerprint density at radius 2 is 2.00 bits per heavy atom. The Morgan fingerprint density at radius 1 is 1.21 bits per heavy atom. The lowest BCUT2D eigenvalue weighted by atomic mass is 9.93. The molecular formula is C23H28N2O3. The van der Waals surface area contributed by atoms with Gasteiger partial charge in [0.25, 0.3) is 0 Å². The zero-order valence-electron chi connectivity index (χ0n) is 17.0. The molecule has 1 saturated heterocycles. The predicted octanol–water partition coefficient (Wildman–Crippen LogP) is 4.18. The van der Waals surface area contributed by atoms with Crippen LogP contribution in [0.5, 0.6) is 11.5 Å². The second-order valence-corrected chi connectivity index (χ2v) is 8.62. The van der Waals surface area contributed by atoms with Crippen LogP contribution < -0.4 is 20.1 Å². The highest BCUT2D eigenvalue weighted by molar-refractivity contribution is 5.85. The van der Waals surface area contributed by atoms with Crippen molar-refractivity contribution in [3.63, 3.8) is 0 Å². The Kier molecular flexibility index (Phi) is 4.79. The van der Waals surface area contributed by atoms with E-state index in [9.17, 15) is 4.79 Å². The van der Waals surface area contributed by atoms with Crippen molar-refractivity contribution in [2.75, 3.05) is 25.0 Å². The van der Waals surface area contributed by atoms with Crippen molar-refractivity contribution < 1.29 is 14.3 Å². The molecule has 28 heavy (non-hydrogen) atoms. The molecule has 2 aromatic carbocycles. The van der Waals surface area contributed by atoms with Gasteiger partial charge in [-0.2, -0.15) is 0 Å². The molecule has 5 heteroatoms. The average Bonchev–Trinajstić information content (AvgIpc) is 2.58. The quantitative estimate of drug-likeness (QED) is 0.615. The van der Waals surface area contributed by atoms with E-state index in [2.05, 4.69) is 50.5 Å². The largest absolute Gasteiger partial charge is 0.484 e. The standard InChI is InChI=1S/C23H28N2O3/c1-14(2)16-9-19(21-20(10-16)28-23(3,4)13-25-21)15-6-5-7-18(8-15)27-22(26)17-11-24-12-17/h5-10,14,17,24-25H,11-13H2,1-4H3. The molecule has 4 rings (SSSR count). The summed E-state index contributed by atoms with van der Waals surface area (Å²) in [5.74, 6) is 1.62. The van der Waals surface area contributed by atoms with Crippen LogP contribution in [0.25, 0.3) is 11.1 Å². The molecule has 2 aliphatic heterocycles. The van der Waals surface area contributed by atoms with Crippen LogP contribution in [-0.2, 0) is 4.79 Å². The molecule has 0 saturated carbocycles. The highest BCUT2D eigenvalue weighted by atomic mass is 16.5. The maximum absolute atomic E-state index is 12.2. The van der Waals surface area contributed by atoms with Crippen molar-refractivity contribution in [3.05, 3.63) is 42.0 Å². The minimum absolute atomic E-state index is 0.0435. The highest BCUT2D eigenvalue weighted by Gasteiger charge is 2.29. The fourth-order valence-corrected chi connectivity index (χ4v) is 3.48. The summed E-state index contributed by atoms with van der Waals surface area (Å²) >= 11 is 0. The molecule has 0 radical (unpaired) electrons. The molecule has 0 bridgehead atoms. The molecule has 2 aromatic rings. The van der Waals surface area contributed by atoms with E-state index in [0.29, 0.717) is 24.8 Å². The van der Waals surface area contributed by atoms with Crippen LogP contribution in [0.15, 0.2) is 36.4 Å². The van der Waals surface area contributed by atoms with Gasteiger partial charge in [-0.25, -0.2) is 0 Å². The number of ether oxygens (including phenoxy) is 2. The number of carbonyl (C=O) groups is 1. The number of anilines is 1. The zero-order valence-corrected chi connectivity index (χ0v) is 17.0. The number of hydrogen-bond acceptors (Lipinski definition) is 5. The first-order valence-electron chi connectivity index (χ1n) is 9.96. The van der Waals surface area contributed by atoms with Gasteiger partial charge < -0.3 is 20.1 Å². The molecule has 0 aromatic heterocycles. The molecule has 2 heterocycles. The molecule has 0 aliphatic carbocycles. The number of fused-ring (bicyclic) bond motifs is 1. The second-order valence-electron chi connectivity index (χ2n) is 8.62. The van der Waals surface area contributed by atoms with Crippen molar-refractivity contribution in [2.45, 2.75) is 39.2 Å². The Labute approximate surface area is 166 Å². The van der Waals surface area contributed by atoms with Gasteiger partial charge in [-0.1, -0.05) is 26.0 Å². The van der Waals surface area contributed by atoms with Gasteiger partial charge in [-0.05, 0) is 55.2 Å². The smallest absolute Gasteiger partial charge is 0.316 e. The maximum Gasteiger partial charge on any atom is 0.316 e. The van der Waals surface area contributed by atoms with E-state index in [4.69, 9.17) is 9.47 Å². The second kappa shape index (κ2) is 7.13. The lowest BCUT2D eigenvalue weighted by molar-refractivity contribution is -0.140. The Bertz CT molecular complexity index is 901. The SMILES string of the molecule is CC(C)c1cc2c(c(-c3cccc(OC(=O)C4CNC4)c3)c1)NCC(C)(C)O2. The molecule has 0 spiro atoms. The van der Waals surface area contributed by atoms with E-state index in [-0.39, 0.29) is 17.5 Å². The van der Waals surface area contributed by atoms with Gasteiger partial charge in [0.05, 0.1) is 18.2 Å². The molecule has 148 valence electrons. The predicted molar refractivity (Wildman–Crippen MR) is 111 cm³/mol. The third-order valence-corrected chi connectivity index (χ3v) is 5.35. The van der Waals surface area contributed by atoms with E-state index in [1.165, 1.54) is 5.56 Å². The molecule has 0 atom stereocenters. The number of esters is 1. The summed E-state index contributed by atoms with van der Waals surface area (Å²) in [5, 5.41) is 6.64. The monoisotopic (exact) mass is 380 g/mol. The molecule has 5 nitrogen and oxygen atoms in total. The molecule has 0 amide bonds. The van der Waals surface area contributed by atoms with Crippen LogP contribution in [0.2, 0.25) is 0 Å². The highest BCUT2D eigenvalue weighted by Crippen LogP contribution is 2.43. The minimum atomic E-state index is -0.256. The minimum Gasteiger partial charge on any atom is -0.484 e. The number of rotatable bonds is 4. The molecule has 1 fully saturated rings. The molecule has 2 aliphatic rings. The van der Waals surface area contributed by atoms with E-state index in [1.807, 2.05) is 24.3 Å². The third-order valence-electron chi connectivity index (χ3n) is 5.35. The van der Waals surface area contributed by atoms with Crippen LogP contribution in [0.3, 0.4) is 0 Å². The van der Waals surface area contributed by atoms with Crippen LogP contribution in [-0.4, -0.2) is 31.2 Å².